The lowest BCUT2D eigenvalue weighted by molar-refractivity contribution is -0.0167. The van der Waals surface area contributed by atoms with Gasteiger partial charge < -0.3 is 10.3 Å². The van der Waals surface area contributed by atoms with Crippen molar-refractivity contribution >= 4 is 17.5 Å². The van der Waals surface area contributed by atoms with Crippen molar-refractivity contribution in [3.63, 3.8) is 0 Å². The maximum absolute atomic E-state index is 12.9. The highest BCUT2D eigenvalue weighted by Gasteiger charge is 2.51. The summed E-state index contributed by atoms with van der Waals surface area (Å²) in [5, 5.41) is 3.85. The number of nitrogens with zero attached hydrogens (tertiary/aromatic N) is 1. The Labute approximate surface area is 162 Å². The highest BCUT2D eigenvalue weighted by atomic mass is 35.5. The van der Waals surface area contributed by atoms with E-state index in [4.69, 9.17) is 11.6 Å². The Hall–Kier alpha value is -2.14. The van der Waals surface area contributed by atoms with Gasteiger partial charge in [-0.1, -0.05) is 11.6 Å². The smallest absolute Gasteiger partial charge is 0.264 e. The molecule has 27 heavy (non-hydrogen) atoms. The van der Waals surface area contributed by atoms with Crippen molar-refractivity contribution in [2.24, 2.45) is 17.8 Å². The normalized spacial score (nSPS) is 31.1. The summed E-state index contributed by atoms with van der Waals surface area (Å²) in [5.41, 5.74) is 0.317. The second-order valence-electron chi connectivity index (χ2n) is 8.63. The van der Waals surface area contributed by atoms with Crippen LogP contribution in [0.15, 0.2) is 35.3 Å². The Bertz CT molecular complexity index is 915. The molecule has 4 fully saturated rings. The van der Waals surface area contributed by atoms with Crippen molar-refractivity contribution in [1.82, 2.24) is 15.3 Å². The molecule has 2 aromatic rings. The molecule has 0 aliphatic heterocycles. The first-order valence-corrected chi connectivity index (χ1v) is 10.1. The minimum atomic E-state index is -0.405. The quantitative estimate of drug-likeness (QED) is 0.846. The molecule has 0 atom stereocenters. The Kier molecular flexibility index (Phi) is 3.90. The van der Waals surface area contributed by atoms with E-state index in [0.29, 0.717) is 10.8 Å². The molecule has 1 aromatic carbocycles. The molecule has 0 radical (unpaired) electrons. The molecule has 4 saturated carbocycles. The third-order valence-corrected chi connectivity index (χ3v) is 6.83. The van der Waals surface area contributed by atoms with Crippen LogP contribution in [0.25, 0.3) is 11.4 Å². The van der Waals surface area contributed by atoms with Gasteiger partial charge in [-0.2, -0.15) is 0 Å². The van der Waals surface area contributed by atoms with E-state index in [1.807, 2.05) is 0 Å². The summed E-state index contributed by atoms with van der Waals surface area (Å²) in [4.78, 5) is 32.4. The molecule has 6 heteroatoms. The van der Waals surface area contributed by atoms with Crippen LogP contribution in [0.4, 0.5) is 0 Å². The Morgan fingerprint density at radius 3 is 2.22 bits per heavy atom. The first kappa shape index (κ1) is 17.0. The van der Waals surface area contributed by atoms with Crippen LogP contribution in [-0.2, 0) is 0 Å². The van der Waals surface area contributed by atoms with Gasteiger partial charge in [-0.25, -0.2) is 4.98 Å². The topological polar surface area (TPSA) is 74.8 Å². The van der Waals surface area contributed by atoms with Crippen molar-refractivity contribution in [2.75, 3.05) is 0 Å². The maximum Gasteiger partial charge on any atom is 0.264 e. The first-order chi connectivity index (χ1) is 13.0. The number of carbonyl (C=O) groups is 1. The Balaban J connectivity index is 1.38. The summed E-state index contributed by atoms with van der Waals surface area (Å²) in [6.45, 7) is 0. The fraction of sp³-hybridized carbons (Fsp3) is 0.476. The van der Waals surface area contributed by atoms with Crippen molar-refractivity contribution < 1.29 is 4.79 Å². The van der Waals surface area contributed by atoms with E-state index < -0.39 is 5.56 Å². The molecule has 4 aliphatic rings. The fourth-order valence-corrected chi connectivity index (χ4v) is 6.01. The van der Waals surface area contributed by atoms with Gasteiger partial charge in [0.15, 0.2) is 0 Å². The number of halogens is 1. The van der Waals surface area contributed by atoms with Crippen LogP contribution in [0.3, 0.4) is 0 Å². The number of hydrogen-bond donors (Lipinski definition) is 2. The summed E-state index contributed by atoms with van der Waals surface area (Å²) < 4.78 is 0. The SMILES string of the molecule is O=C(NC12CC3CC(CC(C3)C1)C2)c1cnc(-c2ccc(Cl)cc2)[nH]c1=O. The van der Waals surface area contributed by atoms with E-state index in [2.05, 4.69) is 15.3 Å². The summed E-state index contributed by atoms with van der Waals surface area (Å²) in [6, 6.07) is 7.06. The molecule has 4 bridgehead atoms. The van der Waals surface area contributed by atoms with Crippen LogP contribution in [0.1, 0.15) is 48.9 Å². The van der Waals surface area contributed by atoms with E-state index in [0.717, 1.165) is 42.6 Å². The third kappa shape index (κ3) is 3.08. The number of rotatable bonds is 3. The third-order valence-electron chi connectivity index (χ3n) is 6.58. The number of amides is 1. The average Bonchev–Trinajstić information content (AvgIpc) is 2.60. The number of nitrogens with one attached hydrogen (secondary N) is 2. The van der Waals surface area contributed by atoms with Crippen LogP contribution in [0, 0.1) is 17.8 Å². The van der Waals surface area contributed by atoms with Crippen LogP contribution >= 0.6 is 11.6 Å². The van der Waals surface area contributed by atoms with Crippen molar-refractivity contribution in [3.05, 3.63) is 51.4 Å². The number of aromatic amines is 1. The highest BCUT2D eigenvalue weighted by Crippen LogP contribution is 2.55. The van der Waals surface area contributed by atoms with Crippen molar-refractivity contribution in [1.29, 1.82) is 0 Å². The van der Waals surface area contributed by atoms with Gasteiger partial charge in [-0.3, -0.25) is 9.59 Å². The molecule has 4 aliphatic carbocycles. The zero-order valence-electron chi connectivity index (χ0n) is 15.0. The van der Waals surface area contributed by atoms with E-state index in [9.17, 15) is 9.59 Å². The van der Waals surface area contributed by atoms with Crippen LogP contribution in [-0.4, -0.2) is 21.4 Å². The zero-order chi connectivity index (χ0) is 18.6. The van der Waals surface area contributed by atoms with Crippen LogP contribution in [0.5, 0.6) is 0 Å². The molecule has 0 saturated heterocycles. The molecule has 6 rings (SSSR count). The molecule has 1 aromatic heterocycles. The monoisotopic (exact) mass is 383 g/mol. The van der Waals surface area contributed by atoms with E-state index in [1.54, 1.807) is 24.3 Å². The predicted octanol–water partition coefficient (Wildman–Crippen LogP) is 3.79. The molecule has 0 unspecified atom stereocenters. The largest absolute Gasteiger partial charge is 0.346 e. The summed E-state index contributed by atoms with van der Waals surface area (Å²) in [7, 11) is 0. The first-order valence-electron chi connectivity index (χ1n) is 9.67. The fourth-order valence-electron chi connectivity index (χ4n) is 5.88. The van der Waals surface area contributed by atoms with Gasteiger partial charge in [0, 0.05) is 22.3 Å². The predicted molar refractivity (Wildman–Crippen MR) is 104 cm³/mol. The summed E-state index contributed by atoms with van der Waals surface area (Å²) in [5.74, 6) is 2.34. The standard InChI is InChI=1S/C21H22ClN3O2/c22-16-3-1-15(2-4-16)18-23-11-17(19(26)24-18)20(27)25-21-8-12-5-13(9-21)7-14(6-12)10-21/h1-4,11-14H,5-10H2,(H,25,27)(H,23,24,26). The van der Waals surface area contributed by atoms with Gasteiger partial charge >= 0.3 is 0 Å². The Morgan fingerprint density at radius 1 is 1.07 bits per heavy atom. The molecule has 5 nitrogen and oxygen atoms in total. The lowest BCUT2D eigenvalue weighted by Gasteiger charge is -2.56. The number of hydrogen-bond acceptors (Lipinski definition) is 3. The Morgan fingerprint density at radius 2 is 1.67 bits per heavy atom. The molecule has 2 N–H and O–H groups in total. The van der Waals surface area contributed by atoms with E-state index in [-0.39, 0.29) is 17.0 Å². The van der Waals surface area contributed by atoms with Gasteiger partial charge in [0.1, 0.15) is 11.4 Å². The minimum Gasteiger partial charge on any atom is -0.346 e. The summed E-state index contributed by atoms with van der Waals surface area (Å²) >= 11 is 5.90. The second-order valence-corrected chi connectivity index (χ2v) is 9.07. The summed E-state index contributed by atoms with van der Waals surface area (Å²) in [6.07, 6.45) is 8.49. The van der Waals surface area contributed by atoms with Crippen LogP contribution < -0.4 is 10.9 Å². The lowest BCUT2D eigenvalue weighted by atomic mass is 9.53. The minimum absolute atomic E-state index is 0.0865. The second kappa shape index (κ2) is 6.20. The lowest BCUT2D eigenvalue weighted by Crippen LogP contribution is -2.60. The van der Waals surface area contributed by atoms with Gasteiger partial charge in [-0.15, -0.1) is 0 Å². The molecule has 140 valence electrons. The molecule has 1 heterocycles. The van der Waals surface area contributed by atoms with E-state index in [1.165, 1.54) is 25.5 Å². The maximum atomic E-state index is 12.9. The van der Waals surface area contributed by atoms with Gasteiger partial charge in [-0.05, 0) is 80.5 Å². The molecular formula is C21H22ClN3O2. The highest BCUT2D eigenvalue weighted by molar-refractivity contribution is 6.30. The van der Waals surface area contributed by atoms with Crippen molar-refractivity contribution in [2.45, 2.75) is 44.1 Å². The van der Waals surface area contributed by atoms with Crippen molar-refractivity contribution in [3.8, 4) is 11.4 Å². The average molecular weight is 384 g/mol. The molecule has 1 amide bonds. The van der Waals surface area contributed by atoms with Gasteiger partial charge in [0.05, 0.1) is 0 Å². The molecule has 0 spiro atoms. The van der Waals surface area contributed by atoms with E-state index >= 15 is 0 Å². The van der Waals surface area contributed by atoms with Gasteiger partial charge in [0.25, 0.3) is 11.5 Å². The number of aromatic nitrogens is 2. The number of carbonyl (C=O) groups excluding carboxylic acids is 1. The zero-order valence-corrected chi connectivity index (χ0v) is 15.8. The van der Waals surface area contributed by atoms with Crippen LogP contribution in [0.2, 0.25) is 5.02 Å². The van der Waals surface area contributed by atoms with Gasteiger partial charge in [0.2, 0.25) is 0 Å². The molecular weight excluding hydrogens is 362 g/mol. The number of benzene rings is 1. The number of H-pyrrole nitrogens is 1.